The summed E-state index contributed by atoms with van der Waals surface area (Å²) in [5, 5.41) is 1.44. The van der Waals surface area contributed by atoms with Gasteiger partial charge in [-0.25, -0.2) is 4.98 Å². The maximum Gasteiger partial charge on any atom is 0.0946 e. The Balaban J connectivity index is 2.05. The van der Waals surface area contributed by atoms with Gasteiger partial charge in [0, 0.05) is 18.9 Å². The third kappa shape index (κ3) is 5.01. The molecule has 0 N–H and O–H groups in total. The van der Waals surface area contributed by atoms with Gasteiger partial charge in [0.2, 0.25) is 0 Å². The molecule has 0 radical (unpaired) electrons. The van der Waals surface area contributed by atoms with E-state index in [2.05, 4.69) is 60.7 Å². The predicted molar refractivity (Wildman–Crippen MR) is 81.5 cm³/mol. The van der Waals surface area contributed by atoms with Crippen molar-refractivity contribution in [3.63, 3.8) is 0 Å². The zero-order valence-electron chi connectivity index (χ0n) is 11.9. The van der Waals surface area contributed by atoms with Crippen molar-refractivity contribution in [1.82, 2.24) is 9.55 Å². The Hall–Kier alpha value is -1.39. The summed E-state index contributed by atoms with van der Waals surface area (Å²) >= 11 is 0. The molecule has 0 aliphatic heterocycles. The highest BCUT2D eigenvalue weighted by Crippen LogP contribution is 2.11. The minimum Gasteiger partial charge on any atom is -0.374 e. The molecule has 0 bridgehead atoms. The van der Waals surface area contributed by atoms with Crippen molar-refractivity contribution in [3.8, 4) is 0 Å². The average Bonchev–Trinajstić information content (AvgIpc) is 2.81. The predicted octanol–water partition coefficient (Wildman–Crippen LogP) is 1.52. The lowest BCUT2D eigenvalue weighted by atomic mass is 10.2. The normalized spacial score (nSPS) is 14.1. The molecule has 2 aromatic rings. The molecule has 0 saturated carbocycles. The third-order valence-corrected chi connectivity index (χ3v) is 4.62. The fourth-order valence-corrected chi connectivity index (χ4v) is 4.23. The highest BCUT2D eigenvalue weighted by Gasteiger charge is 2.20. The molecule has 0 aliphatic rings. The quantitative estimate of drug-likeness (QED) is 0.773. The number of benzene rings is 1. The van der Waals surface area contributed by atoms with Crippen LogP contribution in [0, 0.1) is 0 Å². The molecule has 1 aromatic carbocycles. The topological polar surface area (TPSA) is 27.1 Å². The summed E-state index contributed by atoms with van der Waals surface area (Å²) in [5.74, 6) is 0. The Morgan fingerprint density at radius 3 is 2.58 bits per heavy atom. The fourth-order valence-electron chi connectivity index (χ4n) is 2.15. The van der Waals surface area contributed by atoms with Gasteiger partial charge >= 0.3 is 0 Å². The van der Waals surface area contributed by atoms with Crippen LogP contribution in [0.3, 0.4) is 0 Å². The Labute approximate surface area is 117 Å². The lowest BCUT2D eigenvalue weighted by Crippen LogP contribution is -2.39. The van der Waals surface area contributed by atoms with Crippen LogP contribution in [0.2, 0.25) is 0 Å². The second-order valence-electron chi connectivity index (χ2n) is 5.80. The maximum absolute atomic E-state index is 6.23. The SMILES string of the molecule is CC(C)(C)OC(Cn1ccnc1)[SiH2]c1ccccc1. The van der Waals surface area contributed by atoms with Crippen LogP contribution >= 0.6 is 0 Å². The zero-order chi connectivity index (χ0) is 13.7. The van der Waals surface area contributed by atoms with E-state index in [-0.39, 0.29) is 11.3 Å². The van der Waals surface area contributed by atoms with E-state index in [4.69, 9.17) is 4.74 Å². The molecule has 19 heavy (non-hydrogen) atoms. The molecular weight excluding hydrogens is 252 g/mol. The molecular formula is C15H22N2OSi. The van der Waals surface area contributed by atoms with Crippen molar-refractivity contribution in [2.24, 2.45) is 0 Å². The first kappa shape index (κ1) is 14.0. The van der Waals surface area contributed by atoms with Gasteiger partial charge in [0.25, 0.3) is 0 Å². The second-order valence-corrected chi connectivity index (χ2v) is 7.94. The van der Waals surface area contributed by atoms with E-state index in [0.717, 1.165) is 6.54 Å². The smallest absolute Gasteiger partial charge is 0.0946 e. The van der Waals surface area contributed by atoms with Crippen molar-refractivity contribution in [3.05, 3.63) is 49.1 Å². The zero-order valence-corrected chi connectivity index (χ0v) is 13.3. The van der Waals surface area contributed by atoms with E-state index in [1.165, 1.54) is 5.19 Å². The molecule has 0 saturated heterocycles. The van der Waals surface area contributed by atoms with Crippen LogP contribution in [0.4, 0.5) is 0 Å². The van der Waals surface area contributed by atoms with Gasteiger partial charge in [-0.15, -0.1) is 0 Å². The summed E-state index contributed by atoms with van der Waals surface area (Å²) in [5.41, 5.74) is 0.184. The van der Waals surface area contributed by atoms with Crippen LogP contribution in [0.25, 0.3) is 0 Å². The van der Waals surface area contributed by atoms with E-state index in [9.17, 15) is 0 Å². The van der Waals surface area contributed by atoms with E-state index in [1.807, 2.05) is 18.7 Å². The first-order chi connectivity index (χ1) is 9.03. The van der Waals surface area contributed by atoms with Crippen LogP contribution in [0.5, 0.6) is 0 Å². The summed E-state index contributed by atoms with van der Waals surface area (Å²) in [4.78, 5) is 4.10. The standard InChI is InChI=1S/C15H22N2OSi/c1-15(2,3)18-14(11-17-10-9-16-12-17)19-13-7-5-4-6-8-13/h4-10,12,14H,11,19H2,1-3H3. The summed E-state index contributed by atoms with van der Waals surface area (Å²) in [6.07, 6.45) is 5.68. The van der Waals surface area contributed by atoms with Crippen LogP contribution in [-0.2, 0) is 11.3 Å². The second kappa shape index (κ2) is 6.17. The van der Waals surface area contributed by atoms with Gasteiger partial charge in [0.1, 0.15) is 0 Å². The number of hydrogen-bond donors (Lipinski definition) is 0. The number of imidazole rings is 1. The molecule has 4 heteroatoms. The van der Waals surface area contributed by atoms with Crippen molar-refractivity contribution in [1.29, 1.82) is 0 Å². The molecule has 1 unspecified atom stereocenters. The first-order valence-electron chi connectivity index (χ1n) is 6.70. The molecule has 2 rings (SSSR count). The molecule has 0 spiro atoms. The molecule has 3 nitrogen and oxygen atoms in total. The number of ether oxygens (including phenoxy) is 1. The van der Waals surface area contributed by atoms with E-state index < -0.39 is 9.52 Å². The van der Waals surface area contributed by atoms with Crippen molar-refractivity contribution in [2.45, 2.75) is 38.6 Å². The van der Waals surface area contributed by atoms with Crippen molar-refractivity contribution >= 4 is 14.7 Å². The summed E-state index contributed by atoms with van der Waals surface area (Å²) in [6, 6.07) is 10.7. The Bertz CT molecular complexity index is 477. The fraction of sp³-hybridized carbons (Fsp3) is 0.400. The number of hydrogen-bond acceptors (Lipinski definition) is 2. The van der Waals surface area contributed by atoms with Gasteiger partial charge < -0.3 is 9.30 Å². The number of nitrogens with zero attached hydrogens (tertiary/aromatic N) is 2. The van der Waals surface area contributed by atoms with Gasteiger partial charge in [-0.1, -0.05) is 35.5 Å². The first-order valence-corrected chi connectivity index (χ1v) is 8.23. The van der Waals surface area contributed by atoms with Gasteiger partial charge in [-0.3, -0.25) is 0 Å². The molecule has 0 amide bonds. The minimum atomic E-state index is -0.470. The summed E-state index contributed by atoms with van der Waals surface area (Å²) < 4.78 is 8.33. The van der Waals surface area contributed by atoms with Crippen LogP contribution < -0.4 is 5.19 Å². The molecule has 1 atom stereocenters. The minimum absolute atomic E-state index is 0.104. The number of aromatic nitrogens is 2. The van der Waals surface area contributed by atoms with Gasteiger partial charge in [0.15, 0.2) is 0 Å². The molecule has 102 valence electrons. The summed E-state index contributed by atoms with van der Waals surface area (Å²) in [7, 11) is -0.470. The third-order valence-electron chi connectivity index (χ3n) is 2.80. The van der Waals surface area contributed by atoms with E-state index in [1.54, 1.807) is 0 Å². The molecule has 0 aliphatic carbocycles. The van der Waals surface area contributed by atoms with Crippen molar-refractivity contribution < 1.29 is 4.74 Å². The highest BCUT2D eigenvalue weighted by molar-refractivity contribution is 6.54. The highest BCUT2D eigenvalue weighted by atomic mass is 28.2. The Kier molecular flexibility index (Phi) is 4.55. The van der Waals surface area contributed by atoms with Crippen LogP contribution in [0.1, 0.15) is 20.8 Å². The van der Waals surface area contributed by atoms with E-state index in [0.29, 0.717) is 0 Å². The van der Waals surface area contributed by atoms with Crippen LogP contribution in [-0.4, -0.2) is 30.4 Å². The molecule has 0 fully saturated rings. The lowest BCUT2D eigenvalue weighted by Gasteiger charge is -2.28. The summed E-state index contributed by atoms with van der Waals surface area (Å²) in [6.45, 7) is 7.24. The van der Waals surface area contributed by atoms with E-state index >= 15 is 0 Å². The van der Waals surface area contributed by atoms with Gasteiger partial charge in [-0.05, 0) is 20.8 Å². The Morgan fingerprint density at radius 2 is 2.00 bits per heavy atom. The van der Waals surface area contributed by atoms with Crippen molar-refractivity contribution in [2.75, 3.05) is 0 Å². The van der Waals surface area contributed by atoms with Gasteiger partial charge in [-0.2, -0.15) is 0 Å². The van der Waals surface area contributed by atoms with Gasteiger partial charge in [0.05, 0.1) is 27.2 Å². The average molecular weight is 274 g/mol. The Morgan fingerprint density at radius 1 is 1.26 bits per heavy atom. The monoisotopic (exact) mass is 274 g/mol. The molecule has 1 heterocycles. The molecule has 1 aromatic heterocycles. The van der Waals surface area contributed by atoms with Crippen LogP contribution in [0.15, 0.2) is 49.1 Å². The lowest BCUT2D eigenvalue weighted by molar-refractivity contribution is -0.0298. The number of rotatable bonds is 5. The largest absolute Gasteiger partial charge is 0.374 e. The maximum atomic E-state index is 6.23.